The highest BCUT2D eigenvalue weighted by Gasteiger charge is 2.22. The molecule has 1 aromatic heterocycles. The van der Waals surface area contributed by atoms with Crippen molar-refractivity contribution >= 4 is 11.1 Å². The first-order valence-electron chi connectivity index (χ1n) is 6.09. The molecule has 2 nitrogen and oxygen atoms in total. The third-order valence-electron chi connectivity index (χ3n) is 2.90. The van der Waals surface area contributed by atoms with Crippen molar-refractivity contribution in [2.75, 3.05) is 0 Å². The van der Waals surface area contributed by atoms with Gasteiger partial charge in [0.1, 0.15) is 5.52 Å². The predicted molar refractivity (Wildman–Crippen MR) is 71.4 cm³/mol. The van der Waals surface area contributed by atoms with Crippen LogP contribution in [0.25, 0.3) is 11.1 Å². The molecule has 0 atom stereocenters. The number of fused-ring (bicyclic) bond motifs is 1. The molecule has 2 rings (SSSR count). The van der Waals surface area contributed by atoms with Crippen LogP contribution >= 0.6 is 0 Å². The van der Waals surface area contributed by atoms with Gasteiger partial charge in [0.05, 0.1) is 0 Å². The number of benzene rings is 1. The van der Waals surface area contributed by atoms with Gasteiger partial charge in [0.15, 0.2) is 5.58 Å². The average molecular weight is 231 g/mol. The van der Waals surface area contributed by atoms with Crippen LogP contribution in [0.4, 0.5) is 0 Å². The number of oxazole rings is 1. The predicted octanol–water partition coefficient (Wildman–Crippen LogP) is 4.42. The Balaban J connectivity index is 2.56. The summed E-state index contributed by atoms with van der Waals surface area (Å²) in [5.74, 6) is 0.804. The molecule has 0 saturated heterocycles. The molecule has 0 N–H and O–H groups in total. The van der Waals surface area contributed by atoms with Crippen LogP contribution in [0.2, 0.25) is 0 Å². The Labute approximate surface area is 103 Å². The summed E-state index contributed by atoms with van der Waals surface area (Å²) in [7, 11) is 0. The summed E-state index contributed by atoms with van der Waals surface area (Å²) in [6.45, 7) is 13.0. The van der Waals surface area contributed by atoms with Crippen molar-refractivity contribution in [1.82, 2.24) is 4.98 Å². The minimum absolute atomic E-state index is 0.0408. The highest BCUT2D eigenvalue weighted by atomic mass is 16.3. The maximum absolute atomic E-state index is 5.79. The molecule has 0 unspecified atom stereocenters. The van der Waals surface area contributed by atoms with E-state index in [0.29, 0.717) is 0 Å². The van der Waals surface area contributed by atoms with E-state index in [1.165, 1.54) is 5.56 Å². The number of rotatable bonds is 0. The topological polar surface area (TPSA) is 26.0 Å². The lowest BCUT2D eigenvalue weighted by Gasteiger charge is -2.18. The third kappa shape index (κ3) is 2.36. The average Bonchev–Trinajstić information content (AvgIpc) is 2.57. The standard InChI is InChI=1S/C15H21NO/c1-14(2,3)10-7-8-12-11(9-10)16-13(17-12)15(4,5)6/h7-9H,1-6H3. The van der Waals surface area contributed by atoms with Crippen LogP contribution in [0.3, 0.4) is 0 Å². The molecule has 2 aromatic rings. The van der Waals surface area contributed by atoms with Gasteiger partial charge in [-0.3, -0.25) is 0 Å². The smallest absolute Gasteiger partial charge is 0.200 e. The van der Waals surface area contributed by atoms with E-state index in [1.54, 1.807) is 0 Å². The Morgan fingerprint density at radius 2 is 1.59 bits per heavy atom. The van der Waals surface area contributed by atoms with E-state index in [2.05, 4.69) is 58.7 Å². The van der Waals surface area contributed by atoms with Gasteiger partial charge in [-0.05, 0) is 23.1 Å². The summed E-state index contributed by atoms with van der Waals surface area (Å²) in [5, 5.41) is 0. The molecule has 1 aromatic carbocycles. The van der Waals surface area contributed by atoms with Gasteiger partial charge in [0.2, 0.25) is 5.89 Å². The molecule has 0 bridgehead atoms. The molecule has 0 radical (unpaired) electrons. The fourth-order valence-corrected chi connectivity index (χ4v) is 1.71. The maximum Gasteiger partial charge on any atom is 0.200 e. The molecular weight excluding hydrogens is 210 g/mol. The van der Waals surface area contributed by atoms with Crippen molar-refractivity contribution in [3.63, 3.8) is 0 Å². The van der Waals surface area contributed by atoms with Gasteiger partial charge in [-0.2, -0.15) is 0 Å². The lowest BCUT2D eigenvalue weighted by molar-refractivity contribution is 0.411. The number of hydrogen-bond acceptors (Lipinski definition) is 2. The first kappa shape index (κ1) is 12.2. The van der Waals surface area contributed by atoms with Crippen molar-refractivity contribution in [3.05, 3.63) is 29.7 Å². The first-order valence-corrected chi connectivity index (χ1v) is 6.09. The molecule has 17 heavy (non-hydrogen) atoms. The Hall–Kier alpha value is -1.31. The summed E-state index contributed by atoms with van der Waals surface area (Å²) in [5.41, 5.74) is 3.24. The Morgan fingerprint density at radius 3 is 2.12 bits per heavy atom. The summed E-state index contributed by atoms with van der Waals surface area (Å²) in [6, 6.07) is 6.28. The Bertz CT molecular complexity index is 526. The van der Waals surface area contributed by atoms with E-state index in [9.17, 15) is 0 Å². The van der Waals surface area contributed by atoms with Gasteiger partial charge in [-0.15, -0.1) is 0 Å². The second-order valence-electron chi connectivity index (χ2n) is 6.70. The minimum atomic E-state index is -0.0408. The zero-order chi connectivity index (χ0) is 12.8. The monoisotopic (exact) mass is 231 g/mol. The second-order valence-corrected chi connectivity index (χ2v) is 6.70. The molecule has 0 fully saturated rings. The largest absolute Gasteiger partial charge is 0.440 e. The normalized spacial score (nSPS) is 13.3. The molecule has 0 amide bonds. The van der Waals surface area contributed by atoms with Gasteiger partial charge in [0, 0.05) is 5.41 Å². The fourth-order valence-electron chi connectivity index (χ4n) is 1.71. The van der Waals surface area contributed by atoms with Gasteiger partial charge in [-0.25, -0.2) is 4.98 Å². The fraction of sp³-hybridized carbons (Fsp3) is 0.533. The van der Waals surface area contributed by atoms with Gasteiger partial charge in [0.25, 0.3) is 0 Å². The van der Waals surface area contributed by atoms with Crippen LogP contribution in [-0.4, -0.2) is 4.98 Å². The summed E-state index contributed by atoms with van der Waals surface area (Å²) < 4.78 is 5.79. The van der Waals surface area contributed by atoms with Crippen LogP contribution in [0.15, 0.2) is 22.6 Å². The molecule has 0 spiro atoms. The maximum atomic E-state index is 5.79. The van der Waals surface area contributed by atoms with E-state index in [0.717, 1.165) is 17.0 Å². The summed E-state index contributed by atoms with van der Waals surface area (Å²) in [6.07, 6.45) is 0. The number of aromatic nitrogens is 1. The van der Waals surface area contributed by atoms with E-state index in [4.69, 9.17) is 4.42 Å². The highest BCUT2D eigenvalue weighted by molar-refractivity contribution is 5.74. The van der Waals surface area contributed by atoms with Crippen molar-refractivity contribution in [1.29, 1.82) is 0 Å². The quantitative estimate of drug-likeness (QED) is 0.670. The third-order valence-corrected chi connectivity index (χ3v) is 2.90. The molecule has 0 aliphatic carbocycles. The molecule has 92 valence electrons. The zero-order valence-electron chi connectivity index (χ0n) is 11.6. The van der Waals surface area contributed by atoms with E-state index in [1.807, 2.05) is 6.07 Å². The summed E-state index contributed by atoms with van der Waals surface area (Å²) in [4.78, 5) is 4.59. The van der Waals surface area contributed by atoms with Crippen molar-refractivity contribution < 1.29 is 4.42 Å². The molecular formula is C15H21NO. The summed E-state index contributed by atoms with van der Waals surface area (Å²) >= 11 is 0. The van der Waals surface area contributed by atoms with Crippen molar-refractivity contribution in [3.8, 4) is 0 Å². The molecule has 1 heterocycles. The SMILES string of the molecule is CC(C)(C)c1ccc2oc(C(C)(C)C)nc2c1. The van der Waals surface area contributed by atoms with Gasteiger partial charge < -0.3 is 4.42 Å². The van der Waals surface area contributed by atoms with Crippen LogP contribution < -0.4 is 0 Å². The van der Waals surface area contributed by atoms with Crippen LogP contribution in [0.5, 0.6) is 0 Å². The van der Waals surface area contributed by atoms with Crippen LogP contribution in [0, 0.1) is 0 Å². The van der Waals surface area contributed by atoms with Crippen molar-refractivity contribution in [2.24, 2.45) is 0 Å². The second kappa shape index (κ2) is 3.59. The van der Waals surface area contributed by atoms with E-state index >= 15 is 0 Å². The lowest BCUT2D eigenvalue weighted by atomic mass is 9.87. The van der Waals surface area contributed by atoms with Crippen molar-refractivity contribution in [2.45, 2.75) is 52.4 Å². The first-order chi connectivity index (χ1) is 7.68. The van der Waals surface area contributed by atoms with Crippen LogP contribution in [-0.2, 0) is 10.8 Å². The van der Waals surface area contributed by atoms with E-state index < -0.39 is 0 Å². The zero-order valence-corrected chi connectivity index (χ0v) is 11.6. The highest BCUT2D eigenvalue weighted by Crippen LogP contribution is 2.29. The number of nitrogens with zero attached hydrogens (tertiary/aromatic N) is 1. The minimum Gasteiger partial charge on any atom is -0.440 e. The Kier molecular flexibility index (Phi) is 2.57. The molecule has 2 heteroatoms. The Morgan fingerprint density at radius 1 is 0.941 bits per heavy atom. The molecule has 0 saturated carbocycles. The molecule has 0 aliphatic rings. The number of hydrogen-bond donors (Lipinski definition) is 0. The lowest BCUT2D eigenvalue weighted by Crippen LogP contribution is -2.11. The van der Waals surface area contributed by atoms with Gasteiger partial charge in [-0.1, -0.05) is 47.6 Å². The molecule has 0 aliphatic heterocycles. The van der Waals surface area contributed by atoms with Gasteiger partial charge >= 0.3 is 0 Å². The van der Waals surface area contributed by atoms with Crippen LogP contribution in [0.1, 0.15) is 53.0 Å². The van der Waals surface area contributed by atoms with E-state index in [-0.39, 0.29) is 10.8 Å².